The van der Waals surface area contributed by atoms with E-state index in [4.69, 9.17) is 16.3 Å². The average Bonchev–Trinajstić information content (AvgIpc) is 3.01. The predicted molar refractivity (Wildman–Crippen MR) is 74.3 cm³/mol. The number of hydrogen-bond donors (Lipinski definition) is 1. The molecule has 1 fully saturated rings. The summed E-state index contributed by atoms with van der Waals surface area (Å²) in [5, 5.41) is 4.41. The molecule has 18 heavy (non-hydrogen) atoms. The van der Waals surface area contributed by atoms with Gasteiger partial charge in [0.15, 0.2) is 0 Å². The molecule has 0 saturated heterocycles. The van der Waals surface area contributed by atoms with Crippen molar-refractivity contribution in [2.45, 2.75) is 45.2 Å². The third-order valence-electron chi connectivity index (χ3n) is 3.85. The molecule has 2 aliphatic rings. The Kier molecular flexibility index (Phi) is 3.49. The van der Waals surface area contributed by atoms with Gasteiger partial charge in [-0.25, -0.2) is 0 Å². The maximum atomic E-state index is 6.15. The van der Waals surface area contributed by atoms with Gasteiger partial charge in [-0.1, -0.05) is 24.4 Å². The van der Waals surface area contributed by atoms with Crippen LogP contribution >= 0.6 is 11.6 Å². The molecule has 3 heteroatoms. The Labute approximate surface area is 114 Å². The fourth-order valence-corrected chi connectivity index (χ4v) is 2.96. The molecule has 2 nitrogen and oxygen atoms in total. The Balaban J connectivity index is 1.64. The zero-order chi connectivity index (χ0) is 12.5. The Morgan fingerprint density at radius 1 is 1.44 bits per heavy atom. The first-order chi connectivity index (χ1) is 8.72. The van der Waals surface area contributed by atoms with Crippen molar-refractivity contribution in [3.05, 3.63) is 28.3 Å². The molecule has 1 aliphatic heterocycles. The highest BCUT2D eigenvalue weighted by Gasteiger charge is 2.24. The van der Waals surface area contributed by atoms with Gasteiger partial charge in [0, 0.05) is 29.6 Å². The summed E-state index contributed by atoms with van der Waals surface area (Å²) in [4.78, 5) is 0. The summed E-state index contributed by atoms with van der Waals surface area (Å²) in [6.45, 7) is 3.92. The minimum atomic E-state index is 0.577. The second-order valence-corrected chi connectivity index (χ2v) is 6.05. The van der Waals surface area contributed by atoms with Crippen LogP contribution in [0.2, 0.25) is 5.02 Å². The second-order valence-electron chi connectivity index (χ2n) is 5.61. The molecule has 0 amide bonds. The largest absolute Gasteiger partial charge is 0.493 e. The number of benzene rings is 1. The van der Waals surface area contributed by atoms with Gasteiger partial charge in [0.25, 0.3) is 0 Å². The van der Waals surface area contributed by atoms with Crippen LogP contribution in [0.15, 0.2) is 12.1 Å². The SMILES string of the molecule is CC(CC1CC1)NCc1cc(Cl)cc2c1OCC2. The van der Waals surface area contributed by atoms with Crippen molar-refractivity contribution in [2.24, 2.45) is 5.92 Å². The van der Waals surface area contributed by atoms with Crippen LogP contribution in [-0.2, 0) is 13.0 Å². The summed E-state index contributed by atoms with van der Waals surface area (Å²) < 4.78 is 5.71. The minimum absolute atomic E-state index is 0.577. The molecule has 1 aromatic carbocycles. The third kappa shape index (κ3) is 2.81. The molecular formula is C15H20ClNO. The standard InChI is InChI=1S/C15H20ClNO/c1-10(6-11-2-3-11)17-9-13-8-14(16)7-12-4-5-18-15(12)13/h7-8,10-11,17H,2-6,9H2,1H3. The van der Waals surface area contributed by atoms with Crippen LogP contribution < -0.4 is 10.1 Å². The van der Waals surface area contributed by atoms with Crippen LogP contribution in [0.3, 0.4) is 0 Å². The highest BCUT2D eigenvalue weighted by atomic mass is 35.5. The van der Waals surface area contributed by atoms with Crippen LogP contribution in [0.25, 0.3) is 0 Å². The lowest BCUT2D eigenvalue weighted by atomic mass is 10.1. The molecule has 3 rings (SSSR count). The van der Waals surface area contributed by atoms with Gasteiger partial charge in [-0.2, -0.15) is 0 Å². The van der Waals surface area contributed by atoms with Crippen molar-refractivity contribution in [2.75, 3.05) is 6.61 Å². The molecule has 1 aliphatic carbocycles. The van der Waals surface area contributed by atoms with E-state index in [1.807, 2.05) is 12.1 Å². The van der Waals surface area contributed by atoms with E-state index in [1.165, 1.54) is 30.4 Å². The van der Waals surface area contributed by atoms with E-state index in [1.54, 1.807) is 0 Å². The third-order valence-corrected chi connectivity index (χ3v) is 4.07. The first-order valence-electron chi connectivity index (χ1n) is 6.90. The van der Waals surface area contributed by atoms with E-state index in [-0.39, 0.29) is 0 Å². The predicted octanol–water partition coefficient (Wildman–Crippen LogP) is 3.55. The molecule has 0 aromatic heterocycles. The summed E-state index contributed by atoms with van der Waals surface area (Å²) >= 11 is 6.15. The quantitative estimate of drug-likeness (QED) is 0.879. The monoisotopic (exact) mass is 265 g/mol. The highest BCUT2D eigenvalue weighted by Crippen LogP contribution is 2.34. The van der Waals surface area contributed by atoms with Gasteiger partial charge in [-0.05, 0) is 37.0 Å². The molecule has 98 valence electrons. The van der Waals surface area contributed by atoms with Crippen LogP contribution in [0.1, 0.15) is 37.3 Å². The maximum Gasteiger partial charge on any atom is 0.127 e. The fraction of sp³-hybridized carbons (Fsp3) is 0.600. The average molecular weight is 266 g/mol. The summed E-state index contributed by atoms with van der Waals surface area (Å²) in [7, 11) is 0. The molecule has 0 radical (unpaired) electrons. The van der Waals surface area contributed by atoms with Gasteiger partial charge in [0.05, 0.1) is 6.61 Å². The summed E-state index contributed by atoms with van der Waals surface area (Å²) in [6.07, 6.45) is 5.12. The first kappa shape index (κ1) is 12.3. The van der Waals surface area contributed by atoms with Crippen molar-refractivity contribution in [3.63, 3.8) is 0 Å². The lowest BCUT2D eigenvalue weighted by Gasteiger charge is -2.15. The lowest BCUT2D eigenvalue weighted by Crippen LogP contribution is -2.26. The van der Waals surface area contributed by atoms with Crippen molar-refractivity contribution in [1.82, 2.24) is 5.32 Å². The van der Waals surface area contributed by atoms with Gasteiger partial charge < -0.3 is 10.1 Å². The highest BCUT2D eigenvalue weighted by molar-refractivity contribution is 6.30. The molecule has 1 saturated carbocycles. The van der Waals surface area contributed by atoms with Crippen LogP contribution in [0, 0.1) is 5.92 Å². The molecule has 0 spiro atoms. The Hall–Kier alpha value is -0.730. The van der Waals surface area contributed by atoms with Crippen molar-refractivity contribution >= 4 is 11.6 Å². The van der Waals surface area contributed by atoms with E-state index in [0.717, 1.165) is 36.3 Å². The molecule has 1 heterocycles. The normalized spacial score (nSPS) is 19.4. The zero-order valence-corrected chi connectivity index (χ0v) is 11.6. The fourth-order valence-electron chi connectivity index (χ4n) is 2.70. The number of halogens is 1. The number of ether oxygens (including phenoxy) is 1. The smallest absolute Gasteiger partial charge is 0.127 e. The van der Waals surface area contributed by atoms with Crippen molar-refractivity contribution in [1.29, 1.82) is 0 Å². The zero-order valence-electron chi connectivity index (χ0n) is 10.8. The van der Waals surface area contributed by atoms with Gasteiger partial charge >= 0.3 is 0 Å². The Morgan fingerprint density at radius 3 is 3.06 bits per heavy atom. The lowest BCUT2D eigenvalue weighted by molar-refractivity contribution is 0.351. The van der Waals surface area contributed by atoms with E-state index in [9.17, 15) is 0 Å². The Bertz CT molecular complexity index is 442. The Morgan fingerprint density at radius 2 is 2.28 bits per heavy atom. The van der Waals surface area contributed by atoms with Gasteiger partial charge in [0.1, 0.15) is 5.75 Å². The second kappa shape index (κ2) is 5.10. The maximum absolute atomic E-state index is 6.15. The van der Waals surface area contributed by atoms with E-state index >= 15 is 0 Å². The van der Waals surface area contributed by atoms with Crippen LogP contribution in [0.5, 0.6) is 5.75 Å². The van der Waals surface area contributed by atoms with E-state index < -0.39 is 0 Å². The molecular weight excluding hydrogens is 246 g/mol. The summed E-state index contributed by atoms with van der Waals surface area (Å²) in [6, 6.07) is 4.64. The van der Waals surface area contributed by atoms with E-state index in [0.29, 0.717) is 6.04 Å². The summed E-state index contributed by atoms with van der Waals surface area (Å²) in [5.74, 6) is 2.03. The molecule has 1 unspecified atom stereocenters. The number of nitrogens with one attached hydrogen (secondary N) is 1. The summed E-state index contributed by atoms with van der Waals surface area (Å²) in [5.41, 5.74) is 2.46. The van der Waals surface area contributed by atoms with Crippen molar-refractivity contribution < 1.29 is 4.74 Å². The molecule has 0 bridgehead atoms. The van der Waals surface area contributed by atoms with E-state index in [2.05, 4.69) is 12.2 Å². The van der Waals surface area contributed by atoms with Crippen molar-refractivity contribution in [3.8, 4) is 5.75 Å². The minimum Gasteiger partial charge on any atom is -0.493 e. The molecule has 1 aromatic rings. The topological polar surface area (TPSA) is 21.3 Å². The number of hydrogen-bond acceptors (Lipinski definition) is 2. The van der Waals surface area contributed by atoms with Gasteiger partial charge in [0.2, 0.25) is 0 Å². The van der Waals surface area contributed by atoms with Gasteiger partial charge in [-0.3, -0.25) is 0 Å². The van der Waals surface area contributed by atoms with Gasteiger partial charge in [-0.15, -0.1) is 0 Å². The van der Waals surface area contributed by atoms with Crippen LogP contribution in [0.4, 0.5) is 0 Å². The molecule has 1 N–H and O–H groups in total. The number of rotatable bonds is 5. The molecule has 1 atom stereocenters. The first-order valence-corrected chi connectivity index (χ1v) is 7.27. The number of fused-ring (bicyclic) bond motifs is 1. The van der Waals surface area contributed by atoms with Crippen LogP contribution in [-0.4, -0.2) is 12.6 Å².